The summed E-state index contributed by atoms with van der Waals surface area (Å²) in [5.41, 5.74) is 5.09. The van der Waals surface area contributed by atoms with Crippen molar-refractivity contribution < 1.29 is 0 Å². The van der Waals surface area contributed by atoms with Crippen LogP contribution < -0.4 is 0 Å². The van der Waals surface area contributed by atoms with E-state index in [2.05, 4.69) is 57.4 Å². The molecule has 0 aliphatic rings. The van der Waals surface area contributed by atoms with Crippen LogP contribution in [0.1, 0.15) is 11.1 Å². The summed E-state index contributed by atoms with van der Waals surface area (Å²) in [7, 11) is 0. The molecule has 128 valence electrons. The second-order valence-electron chi connectivity index (χ2n) is 5.81. The molecular formula is C23H21N3. The van der Waals surface area contributed by atoms with Crippen LogP contribution in [-0.4, -0.2) is 15.0 Å². The van der Waals surface area contributed by atoms with Gasteiger partial charge in [0.2, 0.25) is 0 Å². The fourth-order valence-electron chi connectivity index (χ4n) is 2.57. The van der Waals surface area contributed by atoms with Crippen molar-refractivity contribution in [3.05, 3.63) is 115 Å². The predicted octanol–water partition coefficient (Wildman–Crippen LogP) is 5.01. The lowest BCUT2D eigenvalue weighted by Crippen LogP contribution is -1.90. The zero-order chi connectivity index (χ0) is 17.9. The minimum Gasteiger partial charge on any atom is -0.265 e. The molecule has 0 fully saturated rings. The smallest absolute Gasteiger partial charge is 0.0273 e. The topological polar surface area (TPSA) is 38.7 Å². The zero-order valence-electron chi connectivity index (χ0n) is 14.6. The maximum Gasteiger partial charge on any atom is 0.0273 e. The Kier molecular flexibility index (Phi) is 6.62. The van der Waals surface area contributed by atoms with Crippen LogP contribution in [0.15, 0.2) is 104 Å². The summed E-state index contributed by atoms with van der Waals surface area (Å²) in [4.78, 5) is 11.9. The maximum atomic E-state index is 4.00. The van der Waals surface area contributed by atoms with Crippen LogP contribution >= 0.6 is 0 Å². The molecule has 0 amide bonds. The summed E-state index contributed by atoms with van der Waals surface area (Å²) in [6.07, 6.45) is 13.0. The predicted molar refractivity (Wildman–Crippen MR) is 106 cm³/mol. The Bertz CT molecular complexity index is 787. The van der Waals surface area contributed by atoms with E-state index in [9.17, 15) is 0 Å². The third-order valence-electron chi connectivity index (χ3n) is 3.99. The molecule has 3 heterocycles. The van der Waals surface area contributed by atoms with Gasteiger partial charge in [-0.2, -0.15) is 0 Å². The van der Waals surface area contributed by atoms with E-state index in [1.165, 1.54) is 22.3 Å². The van der Waals surface area contributed by atoms with Gasteiger partial charge in [-0.1, -0.05) is 30.3 Å². The number of nitrogens with zero attached hydrogens (tertiary/aromatic N) is 3. The third-order valence-corrected chi connectivity index (χ3v) is 3.99. The number of pyridine rings is 3. The van der Waals surface area contributed by atoms with Crippen LogP contribution in [0, 0.1) is 0 Å². The SMILES string of the molecule is c1cc(-c2ccncc2)ccn1.c1ccc(CCc2ccncc2)cc1. The quantitative estimate of drug-likeness (QED) is 0.524. The molecule has 3 heteroatoms. The number of rotatable bonds is 4. The lowest BCUT2D eigenvalue weighted by Gasteiger charge is -2.00. The zero-order valence-corrected chi connectivity index (χ0v) is 14.6. The Balaban J connectivity index is 0.000000152. The van der Waals surface area contributed by atoms with E-state index < -0.39 is 0 Å². The Hall–Kier alpha value is -3.33. The van der Waals surface area contributed by atoms with Crippen LogP contribution in [-0.2, 0) is 12.8 Å². The van der Waals surface area contributed by atoms with Gasteiger partial charge in [0, 0.05) is 37.2 Å². The van der Waals surface area contributed by atoms with Gasteiger partial charge in [0.25, 0.3) is 0 Å². The van der Waals surface area contributed by atoms with Crippen molar-refractivity contribution in [3.63, 3.8) is 0 Å². The van der Waals surface area contributed by atoms with E-state index >= 15 is 0 Å². The molecule has 3 aromatic heterocycles. The summed E-state index contributed by atoms with van der Waals surface area (Å²) in [6.45, 7) is 0. The van der Waals surface area contributed by atoms with Gasteiger partial charge in [0.15, 0.2) is 0 Å². The number of hydrogen-bond acceptors (Lipinski definition) is 3. The molecule has 0 bridgehead atoms. The minimum absolute atomic E-state index is 1.09. The van der Waals surface area contributed by atoms with Gasteiger partial charge in [-0.3, -0.25) is 15.0 Å². The molecule has 0 spiro atoms. The highest BCUT2D eigenvalue weighted by atomic mass is 14.6. The lowest BCUT2D eigenvalue weighted by atomic mass is 10.1. The monoisotopic (exact) mass is 339 g/mol. The molecule has 0 aliphatic heterocycles. The van der Waals surface area contributed by atoms with Crippen LogP contribution in [0.2, 0.25) is 0 Å². The molecule has 26 heavy (non-hydrogen) atoms. The van der Waals surface area contributed by atoms with Gasteiger partial charge < -0.3 is 0 Å². The number of benzene rings is 1. The van der Waals surface area contributed by atoms with Crippen molar-refractivity contribution in [3.8, 4) is 11.1 Å². The number of aryl methyl sites for hydroxylation is 2. The van der Waals surface area contributed by atoms with Gasteiger partial charge in [-0.05, 0) is 71.5 Å². The van der Waals surface area contributed by atoms with Gasteiger partial charge in [-0.25, -0.2) is 0 Å². The fraction of sp³-hybridized carbons (Fsp3) is 0.0870. The molecule has 4 aromatic rings. The van der Waals surface area contributed by atoms with E-state index in [-0.39, 0.29) is 0 Å². The summed E-state index contributed by atoms with van der Waals surface area (Å²) in [6, 6.07) is 22.6. The van der Waals surface area contributed by atoms with Crippen molar-refractivity contribution in [2.75, 3.05) is 0 Å². The first-order valence-corrected chi connectivity index (χ1v) is 8.65. The summed E-state index contributed by atoms with van der Waals surface area (Å²) in [5, 5.41) is 0. The van der Waals surface area contributed by atoms with Crippen LogP contribution in [0.4, 0.5) is 0 Å². The number of hydrogen-bond donors (Lipinski definition) is 0. The van der Waals surface area contributed by atoms with E-state index in [1.54, 1.807) is 24.8 Å². The van der Waals surface area contributed by atoms with Crippen LogP contribution in [0.5, 0.6) is 0 Å². The van der Waals surface area contributed by atoms with E-state index in [4.69, 9.17) is 0 Å². The second-order valence-corrected chi connectivity index (χ2v) is 5.81. The molecule has 4 rings (SSSR count). The highest BCUT2D eigenvalue weighted by Crippen LogP contribution is 2.15. The molecule has 3 nitrogen and oxygen atoms in total. The molecular weight excluding hydrogens is 318 g/mol. The first-order chi connectivity index (χ1) is 12.9. The largest absolute Gasteiger partial charge is 0.265 e. The molecule has 0 unspecified atom stereocenters. The molecule has 0 N–H and O–H groups in total. The summed E-state index contributed by atoms with van der Waals surface area (Å²) in [5.74, 6) is 0. The van der Waals surface area contributed by atoms with Crippen molar-refractivity contribution in [1.29, 1.82) is 0 Å². The van der Waals surface area contributed by atoms with Crippen LogP contribution in [0.25, 0.3) is 11.1 Å². The lowest BCUT2D eigenvalue weighted by molar-refractivity contribution is 0.955. The Morgan fingerprint density at radius 1 is 0.423 bits per heavy atom. The van der Waals surface area contributed by atoms with E-state index in [0.29, 0.717) is 0 Å². The van der Waals surface area contributed by atoms with Gasteiger partial charge in [0.05, 0.1) is 0 Å². The van der Waals surface area contributed by atoms with Crippen LogP contribution in [0.3, 0.4) is 0 Å². The molecule has 0 atom stereocenters. The molecule has 0 saturated heterocycles. The second kappa shape index (κ2) is 9.84. The van der Waals surface area contributed by atoms with Gasteiger partial charge in [0.1, 0.15) is 0 Å². The molecule has 0 aliphatic carbocycles. The molecule has 0 saturated carbocycles. The summed E-state index contributed by atoms with van der Waals surface area (Å²) < 4.78 is 0. The first kappa shape index (κ1) is 17.5. The Morgan fingerprint density at radius 3 is 1.27 bits per heavy atom. The van der Waals surface area contributed by atoms with Gasteiger partial charge >= 0.3 is 0 Å². The van der Waals surface area contributed by atoms with Gasteiger partial charge in [-0.15, -0.1) is 0 Å². The highest BCUT2D eigenvalue weighted by Gasteiger charge is 1.94. The van der Waals surface area contributed by atoms with E-state index in [0.717, 1.165) is 12.8 Å². The molecule has 1 aromatic carbocycles. The summed E-state index contributed by atoms with van der Waals surface area (Å²) >= 11 is 0. The van der Waals surface area contributed by atoms with Crippen molar-refractivity contribution >= 4 is 0 Å². The third kappa shape index (κ3) is 5.64. The van der Waals surface area contributed by atoms with E-state index in [1.807, 2.05) is 36.7 Å². The molecule has 0 radical (unpaired) electrons. The highest BCUT2D eigenvalue weighted by molar-refractivity contribution is 5.61. The average Bonchev–Trinajstić information content (AvgIpc) is 2.75. The number of aromatic nitrogens is 3. The van der Waals surface area contributed by atoms with Crippen molar-refractivity contribution in [2.24, 2.45) is 0 Å². The maximum absolute atomic E-state index is 4.00. The van der Waals surface area contributed by atoms with Crippen molar-refractivity contribution in [1.82, 2.24) is 15.0 Å². The first-order valence-electron chi connectivity index (χ1n) is 8.65. The Labute approximate surface area is 154 Å². The average molecular weight is 339 g/mol. The van der Waals surface area contributed by atoms with Crippen molar-refractivity contribution in [2.45, 2.75) is 12.8 Å². The minimum atomic E-state index is 1.09. The Morgan fingerprint density at radius 2 is 0.808 bits per heavy atom. The standard InChI is InChI=1S/C13H13N.C10H8N2/c1-2-4-12(5-3-1)6-7-13-8-10-14-11-9-13;1-5-11-6-2-9(1)10-3-7-12-8-4-10/h1-5,8-11H,6-7H2;1-8H. The fourth-order valence-corrected chi connectivity index (χ4v) is 2.57. The normalized spacial score (nSPS) is 9.85.